The third kappa shape index (κ3) is 9.28. The summed E-state index contributed by atoms with van der Waals surface area (Å²) in [6.07, 6.45) is 0.894. The molecule has 7 heteroatoms. The maximum absolute atomic E-state index is 12.9. The quantitative estimate of drug-likeness (QED) is 0.373. The molecule has 3 N–H and O–H groups in total. The maximum atomic E-state index is 12.9. The molecular formula is C29H43N3O4. The van der Waals surface area contributed by atoms with Crippen LogP contribution in [0, 0.1) is 10.8 Å². The Balaban J connectivity index is 1.99. The fraction of sp³-hybridized carbons (Fsp3) is 0.517. The van der Waals surface area contributed by atoms with Gasteiger partial charge in [0.05, 0.1) is 19.8 Å². The van der Waals surface area contributed by atoms with Crippen LogP contribution < -0.4 is 15.8 Å². The van der Waals surface area contributed by atoms with Crippen LogP contribution in [0.4, 0.5) is 5.69 Å². The van der Waals surface area contributed by atoms with E-state index in [2.05, 4.69) is 33.0 Å². The molecule has 0 aliphatic rings. The summed E-state index contributed by atoms with van der Waals surface area (Å²) in [6.45, 7) is 15.8. The van der Waals surface area contributed by atoms with E-state index in [-0.39, 0.29) is 22.6 Å². The Hall–Kier alpha value is -2.90. The van der Waals surface area contributed by atoms with Crippen molar-refractivity contribution in [2.24, 2.45) is 16.6 Å². The molecule has 0 saturated heterocycles. The van der Waals surface area contributed by atoms with Gasteiger partial charge in [-0.3, -0.25) is 9.59 Å². The van der Waals surface area contributed by atoms with Crippen LogP contribution in [0.25, 0.3) is 0 Å². The molecule has 2 aromatic carbocycles. The lowest BCUT2D eigenvalue weighted by Gasteiger charge is -2.28. The van der Waals surface area contributed by atoms with Crippen molar-refractivity contribution in [3.05, 3.63) is 59.7 Å². The number of hydrogen-bond acceptors (Lipinski definition) is 5. The minimum Gasteiger partial charge on any atom is -0.493 e. The molecular weight excluding hydrogens is 454 g/mol. The van der Waals surface area contributed by atoms with Gasteiger partial charge >= 0.3 is 0 Å². The van der Waals surface area contributed by atoms with Crippen molar-refractivity contribution >= 4 is 17.5 Å². The zero-order chi connectivity index (χ0) is 26.8. The van der Waals surface area contributed by atoms with Crippen molar-refractivity contribution in [2.45, 2.75) is 48.0 Å². The second-order valence-corrected chi connectivity index (χ2v) is 10.8. The zero-order valence-electron chi connectivity index (χ0n) is 22.7. The molecule has 0 atom stereocenters. The Morgan fingerprint density at radius 2 is 1.58 bits per heavy atom. The Morgan fingerprint density at radius 1 is 0.917 bits per heavy atom. The summed E-state index contributed by atoms with van der Waals surface area (Å²) in [5.74, 6) is 0.307. The van der Waals surface area contributed by atoms with Crippen LogP contribution in [0.2, 0.25) is 0 Å². The fourth-order valence-electron chi connectivity index (χ4n) is 3.50. The van der Waals surface area contributed by atoms with Gasteiger partial charge in [0, 0.05) is 40.7 Å². The van der Waals surface area contributed by atoms with Crippen LogP contribution >= 0.6 is 0 Å². The Labute approximate surface area is 216 Å². The third-order valence-corrected chi connectivity index (χ3v) is 5.79. The predicted molar refractivity (Wildman–Crippen MR) is 146 cm³/mol. The molecule has 0 radical (unpaired) electrons. The summed E-state index contributed by atoms with van der Waals surface area (Å²) in [4.78, 5) is 27.5. The molecule has 0 unspecified atom stereocenters. The summed E-state index contributed by atoms with van der Waals surface area (Å²) in [7, 11) is 0. The zero-order valence-corrected chi connectivity index (χ0v) is 22.7. The number of benzene rings is 2. The number of ether oxygens (including phenoxy) is 2. The second kappa shape index (κ2) is 13.4. The number of amides is 2. The van der Waals surface area contributed by atoms with Crippen LogP contribution in [0.3, 0.4) is 0 Å². The van der Waals surface area contributed by atoms with E-state index in [1.807, 2.05) is 19.9 Å². The third-order valence-electron chi connectivity index (χ3n) is 5.79. The molecule has 7 nitrogen and oxygen atoms in total. The molecule has 0 saturated carbocycles. The minimum absolute atomic E-state index is 0.0379. The number of nitrogens with zero attached hydrogens (tertiary/aromatic N) is 1. The molecule has 0 aromatic heterocycles. The van der Waals surface area contributed by atoms with E-state index in [9.17, 15) is 9.59 Å². The first-order chi connectivity index (χ1) is 17.0. The fourth-order valence-corrected chi connectivity index (χ4v) is 3.50. The van der Waals surface area contributed by atoms with Crippen molar-refractivity contribution in [2.75, 3.05) is 44.8 Å². The highest BCUT2D eigenvalue weighted by Crippen LogP contribution is 2.22. The largest absolute Gasteiger partial charge is 0.493 e. The molecule has 0 aliphatic carbocycles. The molecule has 0 heterocycles. The molecule has 0 aliphatic heterocycles. The minimum atomic E-state index is -0.266. The van der Waals surface area contributed by atoms with Gasteiger partial charge in [-0.1, -0.05) is 46.8 Å². The Bertz CT molecular complexity index is 1000. The number of nitrogens with one attached hydrogen (secondary N) is 1. The van der Waals surface area contributed by atoms with Crippen LogP contribution in [0.5, 0.6) is 5.75 Å². The predicted octanol–water partition coefficient (Wildman–Crippen LogP) is 5.22. The monoisotopic (exact) mass is 497 g/mol. The van der Waals surface area contributed by atoms with Gasteiger partial charge in [-0.05, 0) is 56.3 Å². The van der Waals surface area contributed by atoms with Gasteiger partial charge in [0.25, 0.3) is 11.8 Å². The SMILES string of the molecule is CCCN(CC)C(=O)c1cccc(NC(=O)c2cccc(OCC(C)(C)COCC(C)(C)CN)c2)c1. The van der Waals surface area contributed by atoms with Gasteiger partial charge < -0.3 is 25.4 Å². The first kappa shape index (κ1) is 29.3. The van der Waals surface area contributed by atoms with Crippen molar-refractivity contribution in [1.82, 2.24) is 4.90 Å². The summed E-state index contributed by atoms with van der Waals surface area (Å²) >= 11 is 0. The normalized spacial score (nSPS) is 11.8. The highest BCUT2D eigenvalue weighted by Gasteiger charge is 2.23. The lowest BCUT2D eigenvalue weighted by Crippen LogP contribution is -2.33. The Morgan fingerprint density at radius 3 is 2.25 bits per heavy atom. The van der Waals surface area contributed by atoms with Crippen molar-refractivity contribution in [1.29, 1.82) is 0 Å². The van der Waals surface area contributed by atoms with E-state index < -0.39 is 0 Å². The lowest BCUT2D eigenvalue weighted by atomic mass is 9.94. The van der Waals surface area contributed by atoms with E-state index in [0.717, 1.165) is 6.42 Å². The maximum Gasteiger partial charge on any atom is 0.255 e. The summed E-state index contributed by atoms with van der Waals surface area (Å²) in [5, 5.41) is 2.89. The Kier molecular flexibility index (Phi) is 10.9. The first-order valence-electron chi connectivity index (χ1n) is 12.7. The number of rotatable bonds is 14. The second-order valence-electron chi connectivity index (χ2n) is 10.8. The van der Waals surface area contributed by atoms with Gasteiger partial charge in [-0.25, -0.2) is 0 Å². The van der Waals surface area contributed by atoms with Crippen LogP contribution in [0.1, 0.15) is 68.7 Å². The van der Waals surface area contributed by atoms with Gasteiger partial charge in [-0.15, -0.1) is 0 Å². The van der Waals surface area contributed by atoms with Gasteiger partial charge in [-0.2, -0.15) is 0 Å². The average Bonchev–Trinajstić information content (AvgIpc) is 2.86. The van der Waals surface area contributed by atoms with Gasteiger partial charge in [0.15, 0.2) is 0 Å². The number of nitrogens with two attached hydrogens (primary N) is 1. The van der Waals surface area contributed by atoms with Crippen LogP contribution in [-0.2, 0) is 4.74 Å². The summed E-state index contributed by atoms with van der Waals surface area (Å²) in [5.41, 5.74) is 7.11. The van der Waals surface area contributed by atoms with Gasteiger partial charge in [0.1, 0.15) is 5.75 Å². The van der Waals surface area contributed by atoms with Crippen LogP contribution in [0.15, 0.2) is 48.5 Å². The van der Waals surface area contributed by atoms with E-state index in [4.69, 9.17) is 15.2 Å². The van der Waals surface area contributed by atoms with Crippen molar-refractivity contribution < 1.29 is 19.1 Å². The molecule has 0 fully saturated rings. The summed E-state index contributed by atoms with van der Waals surface area (Å²) in [6, 6.07) is 14.1. The molecule has 36 heavy (non-hydrogen) atoms. The number of carbonyl (C=O) groups excluding carboxylic acids is 2. The average molecular weight is 498 g/mol. The van der Waals surface area contributed by atoms with E-state index >= 15 is 0 Å². The molecule has 0 spiro atoms. The highest BCUT2D eigenvalue weighted by molar-refractivity contribution is 6.05. The standard InChI is InChI=1S/C29H43N3O4/c1-7-15-32(8-2)27(34)23-12-9-13-24(16-23)31-26(33)22-11-10-14-25(17-22)36-21-29(5,6)20-35-19-28(3,4)18-30/h9-14,16-17H,7-8,15,18-21,30H2,1-6H3,(H,31,33). The number of anilines is 1. The summed E-state index contributed by atoms with van der Waals surface area (Å²) < 4.78 is 11.9. The van der Waals surface area contributed by atoms with E-state index in [1.165, 1.54) is 0 Å². The van der Waals surface area contributed by atoms with E-state index in [0.29, 0.717) is 62.0 Å². The van der Waals surface area contributed by atoms with Crippen molar-refractivity contribution in [3.8, 4) is 5.75 Å². The molecule has 198 valence electrons. The molecule has 2 rings (SSSR count). The van der Waals surface area contributed by atoms with Crippen molar-refractivity contribution in [3.63, 3.8) is 0 Å². The highest BCUT2D eigenvalue weighted by atomic mass is 16.5. The molecule has 2 amide bonds. The first-order valence-corrected chi connectivity index (χ1v) is 12.7. The number of hydrogen-bond donors (Lipinski definition) is 2. The van der Waals surface area contributed by atoms with Gasteiger partial charge in [0.2, 0.25) is 0 Å². The molecule has 0 bridgehead atoms. The molecule has 2 aromatic rings. The topological polar surface area (TPSA) is 93.9 Å². The number of carbonyl (C=O) groups is 2. The lowest BCUT2D eigenvalue weighted by molar-refractivity contribution is 0.00103. The smallest absolute Gasteiger partial charge is 0.255 e. The van der Waals surface area contributed by atoms with E-state index in [1.54, 1.807) is 47.4 Å². The van der Waals surface area contributed by atoms with Crippen LogP contribution in [-0.4, -0.2) is 56.2 Å².